The summed E-state index contributed by atoms with van der Waals surface area (Å²) in [6.45, 7) is 3.77. The molecule has 6 heteroatoms. The molecule has 2 aromatic rings. The summed E-state index contributed by atoms with van der Waals surface area (Å²) < 4.78 is 0. The number of nitrogens with zero attached hydrogens (tertiary/aromatic N) is 4. The molecule has 3 aliphatic rings. The van der Waals surface area contributed by atoms with E-state index in [-0.39, 0.29) is 5.91 Å². The van der Waals surface area contributed by atoms with Crippen molar-refractivity contribution >= 4 is 17.2 Å². The molecule has 0 N–H and O–H groups in total. The number of fused-ring (bicyclic) bond motifs is 1. The highest BCUT2D eigenvalue weighted by molar-refractivity contribution is 7.11. The maximum Gasteiger partial charge on any atom is 0.253 e. The average molecular weight is 393 g/mol. The van der Waals surface area contributed by atoms with E-state index in [9.17, 15) is 4.79 Å². The fourth-order valence-electron chi connectivity index (χ4n) is 4.22. The molecule has 4 heterocycles. The van der Waals surface area contributed by atoms with Crippen LogP contribution in [0, 0.1) is 0 Å². The van der Waals surface area contributed by atoms with Gasteiger partial charge in [0, 0.05) is 73.5 Å². The Labute approximate surface area is 169 Å². The second kappa shape index (κ2) is 7.51. The van der Waals surface area contributed by atoms with E-state index >= 15 is 0 Å². The highest BCUT2D eigenvalue weighted by Crippen LogP contribution is 2.34. The first-order valence-corrected chi connectivity index (χ1v) is 10.9. The molecule has 0 radical (unpaired) electrons. The standard InChI is InChI=1S/C22H24N4OS/c27-22(17-4-10-23-11-5-17)26-12-6-16(7-13-26)21-24-19-8-14-25(18-2-1-3-18)15-9-20(19)28-21/h1-5,10-11,16H,6-9,12-15H2. The van der Waals surface area contributed by atoms with Crippen LogP contribution in [-0.2, 0) is 12.8 Å². The lowest BCUT2D eigenvalue weighted by molar-refractivity contribution is 0.0713. The van der Waals surface area contributed by atoms with Crippen molar-refractivity contribution in [3.05, 3.63) is 69.6 Å². The minimum Gasteiger partial charge on any atom is -0.371 e. The third-order valence-electron chi connectivity index (χ3n) is 5.98. The number of likely N-dealkylation sites (tertiary alicyclic amines) is 1. The lowest BCUT2D eigenvalue weighted by Gasteiger charge is -2.31. The highest BCUT2D eigenvalue weighted by Gasteiger charge is 2.28. The summed E-state index contributed by atoms with van der Waals surface area (Å²) in [6, 6.07) is 3.59. The maximum atomic E-state index is 12.6. The number of amides is 1. The molecule has 0 atom stereocenters. The molecule has 1 fully saturated rings. The quantitative estimate of drug-likeness (QED) is 0.803. The topological polar surface area (TPSA) is 49.3 Å². The molecular weight excluding hydrogens is 368 g/mol. The van der Waals surface area contributed by atoms with E-state index in [4.69, 9.17) is 4.98 Å². The molecule has 2 aromatic heterocycles. The third-order valence-corrected chi connectivity index (χ3v) is 7.30. The van der Waals surface area contributed by atoms with Crippen LogP contribution in [-0.4, -0.2) is 51.9 Å². The predicted octanol–water partition coefficient (Wildman–Crippen LogP) is 3.41. The van der Waals surface area contributed by atoms with Crippen LogP contribution in [0.25, 0.3) is 0 Å². The second-order valence-corrected chi connectivity index (χ2v) is 8.78. The summed E-state index contributed by atoms with van der Waals surface area (Å²) in [6.07, 6.45) is 14.0. The van der Waals surface area contributed by atoms with E-state index in [0.29, 0.717) is 5.92 Å². The van der Waals surface area contributed by atoms with Gasteiger partial charge in [-0.25, -0.2) is 4.98 Å². The third kappa shape index (κ3) is 3.37. The molecule has 0 bridgehead atoms. The van der Waals surface area contributed by atoms with Crippen molar-refractivity contribution in [2.45, 2.75) is 31.6 Å². The van der Waals surface area contributed by atoms with Crippen LogP contribution in [0.5, 0.6) is 0 Å². The van der Waals surface area contributed by atoms with Crippen LogP contribution < -0.4 is 0 Å². The Bertz CT molecular complexity index is 900. The normalized spacial score (nSPS) is 19.6. The number of carbonyl (C=O) groups excluding carboxylic acids is 1. The van der Waals surface area contributed by atoms with Gasteiger partial charge >= 0.3 is 0 Å². The Morgan fingerprint density at radius 3 is 2.54 bits per heavy atom. The zero-order valence-electron chi connectivity index (χ0n) is 15.9. The Kier molecular flexibility index (Phi) is 4.72. The number of thiazole rings is 1. The molecule has 144 valence electrons. The number of piperidine rings is 1. The first kappa shape index (κ1) is 17.6. The summed E-state index contributed by atoms with van der Waals surface area (Å²) in [4.78, 5) is 27.6. The molecule has 0 aromatic carbocycles. The summed E-state index contributed by atoms with van der Waals surface area (Å²) in [5.41, 5.74) is 3.40. The van der Waals surface area contributed by atoms with E-state index < -0.39 is 0 Å². The SMILES string of the molecule is O=C(c1ccncc1)N1CCC(c2nc3c(s2)CCN(C2=CC=C2)CC3)CC1. The zero-order chi connectivity index (χ0) is 18.9. The summed E-state index contributed by atoms with van der Waals surface area (Å²) in [5.74, 6) is 0.613. The van der Waals surface area contributed by atoms with Crippen LogP contribution in [0.15, 0.2) is 48.5 Å². The molecule has 0 unspecified atom stereocenters. The second-order valence-electron chi connectivity index (χ2n) is 7.66. The fraction of sp³-hybridized carbons (Fsp3) is 0.409. The van der Waals surface area contributed by atoms with Crippen LogP contribution >= 0.6 is 11.3 Å². The van der Waals surface area contributed by atoms with Gasteiger partial charge in [0.1, 0.15) is 0 Å². The lowest BCUT2D eigenvalue weighted by Crippen LogP contribution is -2.37. The highest BCUT2D eigenvalue weighted by atomic mass is 32.1. The van der Waals surface area contributed by atoms with Gasteiger partial charge in [-0.3, -0.25) is 9.78 Å². The van der Waals surface area contributed by atoms with Crippen molar-refractivity contribution in [1.29, 1.82) is 0 Å². The Morgan fingerprint density at radius 1 is 1.07 bits per heavy atom. The minimum absolute atomic E-state index is 0.121. The molecule has 5 nitrogen and oxygen atoms in total. The number of aromatic nitrogens is 2. The fourth-order valence-corrected chi connectivity index (χ4v) is 5.49. The van der Waals surface area contributed by atoms with Gasteiger partial charge in [0.05, 0.1) is 10.7 Å². The van der Waals surface area contributed by atoms with E-state index in [2.05, 4.69) is 28.1 Å². The number of carbonyl (C=O) groups is 1. The van der Waals surface area contributed by atoms with E-state index in [1.54, 1.807) is 24.5 Å². The van der Waals surface area contributed by atoms with Crippen LogP contribution in [0.3, 0.4) is 0 Å². The zero-order valence-corrected chi connectivity index (χ0v) is 16.7. The van der Waals surface area contributed by atoms with E-state index in [1.165, 1.54) is 21.3 Å². The number of hydrogen-bond acceptors (Lipinski definition) is 5. The van der Waals surface area contributed by atoms with Crippen molar-refractivity contribution in [3.8, 4) is 0 Å². The van der Waals surface area contributed by atoms with Crippen molar-refractivity contribution in [2.24, 2.45) is 0 Å². The number of hydrogen-bond donors (Lipinski definition) is 0. The molecule has 2 aliphatic heterocycles. The van der Waals surface area contributed by atoms with Crippen molar-refractivity contribution < 1.29 is 4.79 Å². The minimum atomic E-state index is 0.121. The van der Waals surface area contributed by atoms with Crippen LogP contribution in [0.4, 0.5) is 0 Å². The molecule has 1 aliphatic carbocycles. The Balaban J connectivity index is 1.20. The van der Waals surface area contributed by atoms with Gasteiger partial charge in [-0.15, -0.1) is 11.3 Å². The average Bonchev–Trinajstić information content (AvgIpc) is 3.02. The summed E-state index contributed by atoms with van der Waals surface area (Å²) >= 11 is 1.91. The van der Waals surface area contributed by atoms with Crippen LogP contribution in [0.2, 0.25) is 0 Å². The van der Waals surface area contributed by atoms with Crippen molar-refractivity contribution in [2.75, 3.05) is 26.2 Å². The lowest BCUT2D eigenvalue weighted by atomic mass is 9.97. The molecular formula is C22H24N4OS. The van der Waals surface area contributed by atoms with E-state index in [1.807, 2.05) is 16.2 Å². The first-order valence-electron chi connectivity index (χ1n) is 10.1. The van der Waals surface area contributed by atoms with Gasteiger partial charge < -0.3 is 9.80 Å². The molecule has 0 spiro atoms. The van der Waals surface area contributed by atoms with Gasteiger partial charge in [-0.1, -0.05) is 6.08 Å². The first-order chi connectivity index (χ1) is 13.8. The Hall–Kier alpha value is -2.47. The van der Waals surface area contributed by atoms with Crippen molar-refractivity contribution in [1.82, 2.24) is 19.8 Å². The van der Waals surface area contributed by atoms with Gasteiger partial charge in [-0.2, -0.15) is 0 Å². The number of allylic oxidation sites excluding steroid dienone is 3. The van der Waals surface area contributed by atoms with E-state index in [0.717, 1.165) is 57.4 Å². The van der Waals surface area contributed by atoms with Gasteiger partial charge in [0.15, 0.2) is 0 Å². The van der Waals surface area contributed by atoms with Crippen LogP contribution in [0.1, 0.15) is 44.7 Å². The van der Waals surface area contributed by atoms with Gasteiger partial charge in [-0.05, 0) is 37.1 Å². The van der Waals surface area contributed by atoms with Crippen molar-refractivity contribution in [3.63, 3.8) is 0 Å². The predicted molar refractivity (Wildman–Crippen MR) is 110 cm³/mol. The number of rotatable bonds is 3. The summed E-state index contributed by atoms with van der Waals surface area (Å²) in [7, 11) is 0. The molecule has 1 amide bonds. The molecule has 0 saturated carbocycles. The smallest absolute Gasteiger partial charge is 0.253 e. The molecule has 5 rings (SSSR count). The van der Waals surface area contributed by atoms with Gasteiger partial charge in [0.2, 0.25) is 0 Å². The largest absolute Gasteiger partial charge is 0.371 e. The molecule has 28 heavy (non-hydrogen) atoms. The molecule has 1 saturated heterocycles. The maximum absolute atomic E-state index is 12.6. The monoisotopic (exact) mass is 392 g/mol. The van der Waals surface area contributed by atoms with Gasteiger partial charge in [0.25, 0.3) is 5.91 Å². The Morgan fingerprint density at radius 2 is 1.82 bits per heavy atom. The number of pyridine rings is 1. The summed E-state index contributed by atoms with van der Waals surface area (Å²) in [5, 5.41) is 1.29.